The Bertz CT molecular complexity index is 801. The second-order valence-electron chi connectivity index (χ2n) is 11.1. The van der Waals surface area contributed by atoms with Gasteiger partial charge >= 0.3 is 5.97 Å². The van der Waals surface area contributed by atoms with Crippen LogP contribution in [0.3, 0.4) is 0 Å². The molecule has 0 saturated carbocycles. The number of piperidine rings is 1. The van der Waals surface area contributed by atoms with Crippen LogP contribution in [0.2, 0.25) is 0 Å². The van der Waals surface area contributed by atoms with Gasteiger partial charge in [0, 0.05) is 19.2 Å². The molecular weight excluding hydrogens is 418 g/mol. The highest BCUT2D eigenvalue weighted by molar-refractivity contribution is 5.91. The van der Waals surface area contributed by atoms with Crippen LogP contribution < -0.4 is 5.32 Å². The first-order valence-electron chi connectivity index (χ1n) is 11.8. The molecule has 1 saturated heterocycles. The predicted octanol–water partition coefficient (Wildman–Crippen LogP) is 3.30. The van der Waals surface area contributed by atoms with Gasteiger partial charge in [0.1, 0.15) is 6.04 Å². The largest absolute Gasteiger partial charge is 0.478 e. The highest BCUT2D eigenvalue weighted by atomic mass is 16.4. The average molecular weight is 462 g/mol. The van der Waals surface area contributed by atoms with Crippen molar-refractivity contribution in [3.05, 3.63) is 11.6 Å². The Morgan fingerprint density at radius 1 is 1.18 bits per heavy atom. The number of amides is 2. The smallest absolute Gasteiger partial charge is 0.331 e. The molecule has 0 aromatic heterocycles. The number of carboxylic acids is 1. The molecule has 0 aromatic carbocycles. The molecule has 186 valence electrons. The fourth-order valence-corrected chi connectivity index (χ4v) is 4.27. The molecule has 0 aliphatic carbocycles. The zero-order valence-electron chi connectivity index (χ0n) is 21.9. The van der Waals surface area contributed by atoms with Crippen molar-refractivity contribution in [1.29, 1.82) is 0 Å². The molecule has 1 aliphatic rings. The van der Waals surface area contributed by atoms with E-state index < -0.39 is 35.0 Å². The van der Waals surface area contributed by atoms with Gasteiger partial charge in [-0.05, 0) is 44.9 Å². The predicted molar refractivity (Wildman–Crippen MR) is 131 cm³/mol. The van der Waals surface area contributed by atoms with Crippen molar-refractivity contribution in [2.75, 3.05) is 13.6 Å². The summed E-state index contributed by atoms with van der Waals surface area (Å²) in [6, 6.07) is -1.59. The molecule has 0 radical (unpaired) electrons. The maximum Gasteiger partial charge on any atom is 0.331 e. The topological polar surface area (TPSA) is 90.0 Å². The van der Waals surface area contributed by atoms with Gasteiger partial charge in [-0.1, -0.05) is 53.0 Å². The van der Waals surface area contributed by atoms with Crippen LogP contribution in [-0.4, -0.2) is 69.9 Å². The van der Waals surface area contributed by atoms with E-state index in [2.05, 4.69) is 16.1 Å². The number of aliphatic carboxylic acids is 1. The molecule has 1 aliphatic heterocycles. The van der Waals surface area contributed by atoms with Crippen molar-refractivity contribution >= 4 is 17.8 Å². The molecule has 0 bridgehead atoms. The highest BCUT2D eigenvalue weighted by Crippen LogP contribution is 2.28. The van der Waals surface area contributed by atoms with Crippen LogP contribution in [0.5, 0.6) is 0 Å². The van der Waals surface area contributed by atoms with Crippen molar-refractivity contribution in [3.8, 4) is 12.3 Å². The third-order valence-corrected chi connectivity index (χ3v) is 6.51. The Balaban J connectivity index is 3.23. The second kappa shape index (κ2) is 11.2. The van der Waals surface area contributed by atoms with Crippen LogP contribution in [0, 0.1) is 23.7 Å². The maximum absolute atomic E-state index is 13.6. The van der Waals surface area contributed by atoms with E-state index in [-0.39, 0.29) is 23.3 Å². The zero-order valence-corrected chi connectivity index (χ0v) is 21.9. The molecule has 2 unspecified atom stereocenters. The van der Waals surface area contributed by atoms with Gasteiger partial charge in [0.05, 0.1) is 17.6 Å². The molecular formula is C26H43N3O4. The average Bonchev–Trinajstić information content (AvgIpc) is 2.73. The number of carboxylic acid groups (broad SMARTS) is 1. The fraction of sp³-hybridized carbons (Fsp3) is 0.731. The molecule has 1 heterocycles. The summed E-state index contributed by atoms with van der Waals surface area (Å²) >= 11 is 0. The Morgan fingerprint density at radius 3 is 2.21 bits per heavy atom. The first-order chi connectivity index (χ1) is 15.0. The summed E-state index contributed by atoms with van der Waals surface area (Å²) in [4.78, 5) is 42.0. The van der Waals surface area contributed by atoms with Gasteiger partial charge < -0.3 is 15.3 Å². The molecule has 2 amide bonds. The van der Waals surface area contributed by atoms with Crippen molar-refractivity contribution in [2.45, 2.75) is 98.3 Å². The number of terminal acetylenes is 1. The summed E-state index contributed by atoms with van der Waals surface area (Å²) in [6.45, 7) is 15.7. The maximum atomic E-state index is 13.6. The van der Waals surface area contributed by atoms with E-state index in [0.717, 1.165) is 19.4 Å². The third kappa shape index (κ3) is 7.33. The quantitative estimate of drug-likeness (QED) is 0.428. The summed E-state index contributed by atoms with van der Waals surface area (Å²) in [7, 11) is 1.66. The van der Waals surface area contributed by atoms with Crippen molar-refractivity contribution in [2.24, 2.45) is 11.3 Å². The Kier molecular flexibility index (Phi) is 9.74. The van der Waals surface area contributed by atoms with Crippen molar-refractivity contribution < 1.29 is 19.5 Å². The van der Waals surface area contributed by atoms with E-state index in [4.69, 9.17) is 6.42 Å². The highest BCUT2D eigenvalue weighted by Gasteiger charge is 2.41. The SMILES string of the molecule is C#CC(C)(C)N1CCCCC1C(=O)NC(C(=O)N(C)[C@H](/C=C(\C)C(=O)O)C(C)C)C(C)(C)C. The molecule has 0 aromatic rings. The molecule has 3 atom stereocenters. The third-order valence-electron chi connectivity index (χ3n) is 6.51. The zero-order chi connectivity index (χ0) is 25.7. The Labute approximate surface area is 200 Å². The molecule has 33 heavy (non-hydrogen) atoms. The number of carbonyl (C=O) groups is 3. The van der Waals surface area contributed by atoms with Gasteiger partial charge in [-0.25, -0.2) is 4.79 Å². The Morgan fingerprint density at radius 2 is 1.76 bits per heavy atom. The number of likely N-dealkylation sites (N-methyl/N-ethyl adjacent to an activating group) is 1. The minimum Gasteiger partial charge on any atom is -0.478 e. The lowest BCUT2D eigenvalue weighted by molar-refractivity contribution is -0.142. The molecule has 0 spiro atoms. The van der Waals surface area contributed by atoms with Gasteiger partial charge in [-0.3, -0.25) is 14.5 Å². The van der Waals surface area contributed by atoms with Crippen molar-refractivity contribution in [1.82, 2.24) is 15.1 Å². The fourth-order valence-electron chi connectivity index (χ4n) is 4.27. The van der Waals surface area contributed by atoms with E-state index in [1.54, 1.807) is 18.0 Å². The summed E-state index contributed by atoms with van der Waals surface area (Å²) in [5.74, 6) is 1.32. The van der Waals surface area contributed by atoms with Gasteiger partial charge in [-0.2, -0.15) is 0 Å². The molecule has 7 heteroatoms. The minimum absolute atomic E-state index is 0.00478. The minimum atomic E-state index is -1.02. The molecule has 1 fully saturated rings. The lowest BCUT2D eigenvalue weighted by Gasteiger charge is -2.44. The van der Waals surface area contributed by atoms with Crippen LogP contribution in [0.4, 0.5) is 0 Å². The molecule has 7 nitrogen and oxygen atoms in total. The van der Waals surface area contributed by atoms with Crippen LogP contribution >= 0.6 is 0 Å². The van der Waals surface area contributed by atoms with Crippen LogP contribution in [-0.2, 0) is 14.4 Å². The lowest BCUT2D eigenvalue weighted by Crippen LogP contribution is -2.62. The first kappa shape index (κ1) is 28.7. The monoisotopic (exact) mass is 461 g/mol. The van der Waals surface area contributed by atoms with E-state index in [0.29, 0.717) is 6.42 Å². The van der Waals surface area contributed by atoms with E-state index in [9.17, 15) is 19.5 Å². The number of carbonyl (C=O) groups excluding carboxylic acids is 2. The summed E-state index contributed by atoms with van der Waals surface area (Å²) < 4.78 is 0. The van der Waals surface area contributed by atoms with Crippen LogP contribution in [0.25, 0.3) is 0 Å². The van der Waals surface area contributed by atoms with E-state index in [1.165, 1.54) is 6.92 Å². The summed E-state index contributed by atoms with van der Waals surface area (Å²) in [6.07, 6.45) is 9.94. The molecule has 1 rings (SSSR count). The number of hydrogen-bond donors (Lipinski definition) is 2. The molecule has 2 N–H and O–H groups in total. The number of nitrogens with zero attached hydrogens (tertiary/aromatic N) is 2. The number of hydrogen-bond acceptors (Lipinski definition) is 4. The normalized spacial score (nSPS) is 20.0. The van der Waals surface area contributed by atoms with E-state index in [1.807, 2.05) is 48.5 Å². The summed E-state index contributed by atoms with van der Waals surface area (Å²) in [5.41, 5.74) is -0.934. The second-order valence-corrected chi connectivity index (χ2v) is 11.1. The van der Waals surface area contributed by atoms with Gasteiger partial charge in [0.15, 0.2) is 0 Å². The first-order valence-corrected chi connectivity index (χ1v) is 11.8. The number of rotatable bonds is 8. The van der Waals surface area contributed by atoms with Gasteiger partial charge in [-0.15, -0.1) is 6.42 Å². The van der Waals surface area contributed by atoms with Crippen molar-refractivity contribution in [3.63, 3.8) is 0 Å². The van der Waals surface area contributed by atoms with E-state index >= 15 is 0 Å². The standard InChI is InChI=1S/C26H43N3O4/c1-11-26(8,9)29-15-13-12-14-19(29)22(30)27-21(25(5,6)7)23(31)28(10)20(17(2)3)16-18(4)24(32)33/h1,16-17,19-21H,12-15H2,2-10H3,(H,27,30)(H,32,33)/b18-16+/t19?,20-,21?/m1/s1. The summed E-state index contributed by atoms with van der Waals surface area (Å²) in [5, 5.41) is 12.3. The number of likely N-dealkylation sites (tertiary alicyclic amines) is 1. The van der Waals surface area contributed by atoms with Crippen LogP contribution in [0.15, 0.2) is 11.6 Å². The van der Waals surface area contributed by atoms with Gasteiger partial charge in [0.2, 0.25) is 11.8 Å². The van der Waals surface area contributed by atoms with Gasteiger partial charge in [0.25, 0.3) is 0 Å². The number of nitrogens with one attached hydrogen (secondary N) is 1. The Hall–Kier alpha value is -2.33. The van der Waals surface area contributed by atoms with Crippen LogP contribution in [0.1, 0.15) is 74.7 Å². The lowest BCUT2D eigenvalue weighted by atomic mass is 9.84.